The molecule has 0 radical (unpaired) electrons. The van der Waals surface area contributed by atoms with Crippen LogP contribution < -0.4 is 24.3 Å². The number of nitrogens with one attached hydrogen (secondary N) is 1. The summed E-state index contributed by atoms with van der Waals surface area (Å²) >= 11 is 20.5. The van der Waals surface area contributed by atoms with Crippen LogP contribution in [0, 0.1) is 14.9 Å². The van der Waals surface area contributed by atoms with Crippen LogP contribution in [-0.4, -0.2) is 26.7 Å². The topological polar surface area (TPSA) is 89.8 Å². The van der Waals surface area contributed by atoms with Crippen LogP contribution >= 0.6 is 57.4 Å². The summed E-state index contributed by atoms with van der Waals surface area (Å²) < 4.78 is 23.1. The maximum Gasteiger partial charge on any atom is 0.266 e. The van der Waals surface area contributed by atoms with Crippen molar-refractivity contribution in [2.45, 2.75) is 13.5 Å². The third-order valence-electron chi connectivity index (χ3n) is 5.12. The Hall–Kier alpha value is -2.84. The fraction of sp³-hybridized carbons (Fsp3) is 0.185. The number of carbonyl (C=O) groups excluding carboxylic acids is 1. The van der Waals surface area contributed by atoms with Crippen LogP contribution in [0.5, 0.6) is 23.0 Å². The Labute approximate surface area is 249 Å². The van der Waals surface area contributed by atoms with Crippen LogP contribution in [0.25, 0.3) is 6.08 Å². The average Bonchev–Trinajstić information content (AvgIpc) is 2.88. The molecule has 0 aliphatic rings. The number of ether oxygens (including phenoxy) is 4. The lowest BCUT2D eigenvalue weighted by Crippen LogP contribution is -2.14. The smallest absolute Gasteiger partial charge is 0.266 e. The predicted molar refractivity (Wildman–Crippen MR) is 158 cm³/mol. The van der Waals surface area contributed by atoms with Crippen molar-refractivity contribution < 1.29 is 23.7 Å². The van der Waals surface area contributed by atoms with Crippen molar-refractivity contribution in [3.05, 3.63) is 77.8 Å². The van der Waals surface area contributed by atoms with Gasteiger partial charge >= 0.3 is 0 Å². The van der Waals surface area contributed by atoms with Crippen molar-refractivity contribution in [2.75, 3.05) is 26.1 Å². The van der Waals surface area contributed by atoms with Crippen molar-refractivity contribution in [1.29, 1.82) is 5.26 Å². The number of anilines is 1. The SMILES string of the molecule is CCOc1cc(/C=C(\C#N)C(=O)Nc2cc(OC)c(Cl)cc2OC)cc(I)c1OCc1ccc(Cl)cc1Cl. The number of hydrogen-bond acceptors (Lipinski definition) is 6. The molecule has 3 aromatic carbocycles. The molecule has 0 saturated carbocycles. The van der Waals surface area contributed by atoms with E-state index in [1.165, 1.54) is 32.4 Å². The molecule has 1 N–H and O–H groups in total. The second-order valence-electron chi connectivity index (χ2n) is 7.60. The molecule has 3 aromatic rings. The van der Waals surface area contributed by atoms with Crippen LogP contribution in [0.2, 0.25) is 15.1 Å². The Bertz CT molecular complexity index is 1420. The Balaban J connectivity index is 1.89. The molecule has 0 aliphatic heterocycles. The number of halogens is 4. The third-order valence-corrected chi connectivity index (χ3v) is 6.80. The zero-order valence-electron chi connectivity index (χ0n) is 20.5. The molecular weight excluding hydrogens is 666 g/mol. The summed E-state index contributed by atoms with van der Waals surface area (Å²) in [5.74, 6) is 0.989. The molecule has 7 nitrogen and oxygen atoms in total. The quantitative estimate of drug-likeness (QED) is 0.133. The summed E-state index contributed by atoms with van der Waals surface area (Å²) in [6, 6.07) is 13.6. The van der Waals surface area contributed by atoms with Gasteiger partial charge in [0.15, 0.2) is 11.5 Å². The Morgan fingerprint density at radius 1 is 1.00 bits per heavy atom. The first kappa shape index (κ1) is 29.7. The summed E-state index contributed by atoms with van der Waals surface area (Å²) in [7, 11) is 2.89. The number of rotatable bonds is 10. The highest BCUT2D eigenvalue weighted by Gasteiger charge is 2.18. The summed E-state index contributed by atoms with van der Waals surface area (Å²) in [4.78, 5) is 13.0. The first-order valence-electron chi connectivity index (χ1n) is 11.1. The highest BCUT2D eigenvalue weighted by atomic mass is 127. The van der Waals surface area contributed by atoms with Crippen LogP contribution in [0.4, 0.5) is 5.69 Å². The Morgan fingerprint density at radius 3 is 2.37 bits per heavy atom. The number of benzene rings is 3. The number of hydrogen-bond donors (Lipinski definition) is 1. The molecular formula is C27H22Cl3IN2O5. The molecule has 0 aliphatic carbocycles. The lowest BCUT2D eigenvalue weighted by atomic mass is 10.1. The van der Waals surface area contributed by atoms with Gasteiger partial charge in [-0.05, 0) is 65.4 Å². The minimum absolute atomic E-state index is 0.138. The van der Waals surface area contributed by atoms with E-state index in [9.17, 15) is 10.1 Å². The number of carbonyl (C=O) groups is 1. The van der Waals surface area contributed by atoms with E-state index in [0.717, 1.165) is 5.56 Å². The van der Waals surface area contributed by atoms with E-state index in [1.807, 2.05) is 13.0 Å². The fourth-order valence-corrected chi connectivity index (χ4v) is 4.80. The molecule has 0 fully saturated rings. The number of nitrogens with zero attached hydrogens (tertiary/aromatic N) is 1. The van der Waals surface area contributed by atoms with Crippen molar-refractivity contribution in [3.8, 4) is 29.1 Å². The van der Waals surface area contributed by atoms with Gasteiger partial charge < -0.3 is 24.3 Å². The molecule has 0 spiro atoms. The second-order valence-corrected chi connectivity index (χ2v) is 10.0. The monoisotopic (exact) mass is 686 g/mol. The van der Waals surface area contributed by atoms with Gasteiger partial charge in [-0.3, -0.25) is 4.79 Å². The maximum atomic E-state index is 13.0. The third kappa shape index (κ3) is 7.38. The minimum Gasteiger partial charge on any atom is -0.495 e. The summed E-state index contributed by atoms with van der Waals surface area (Å²) in [6.45, 7) is 2.42. The van der Waals surface area contributed by atoms with Gasteiger partial charge in [-0.1, -0.05) is 40.9 Å². The van der Waals surface area contributed by atoms with Crippen molar-refractivity contribution in [3.63, 3.8) is 0 Å². The zero-order valence-corrected chi connectivity index (χ0v) is 25.0. The fourth-order valence-electron chi connectivity index (χ4n) is 3.33. The lowest BCUT2D eigenvalue weighted by Gasteiger charge is -2.16. The molecule has 0 bridgehead atoms. The molecule has 0 unspecified atom stereocenters. The van der Waals surface area contributed by atoms with E-state index in [1.54, 1.807) is 30.3 Å². The summed E-state index contributed by atoms with van der Waals surface area (Å²) in [6.07, 6.45) is 1.46. The molecule has 0 saturated heterocycles. The van der Waals surface area contributed by atoms with Crippen LogP contribution in [-0.2, 0) is 11.4 Å². The number of methoxy groups -OCH3 is 2. The molecule has 1 amide bonds. The average molecular weight is 688 g/mol. The first-order chi connectivity index (χ1) is 18.2. The van der Waals surface area contributed by atoms with Crippen LogP contribution in [0.3, 0.4) is 0 Å². The molecule has 3 rings (SSSR count). The van der Waals surface area contributed by atoms with Gasteiger partial charge in [-0.25, -0.2) is 0 Å². The van der Waals surface area contributed by atoms with E-state index < -0.39 is 5.91 Å². The van der Waals surface area contributed by atoms with Gasteiger partial charge in [0.1, 0.15) is 29.7 Å². The normalized spacial score (nSPS) is 10.9. The van der Waals surface area contributed by atoms with Crippen molar-refractivity contribution in [1.82, 2.24) is 0 Å². The minimum atomic E-state index is -0.638. The summed E-state index contributed by atoms with van der Waals surface area (Å²) in [5, 5.41) is 13.7. The van der Waals surface area contributed by atoms with Gasteiger partial charge in [0, 0.05) is 27.7 Å². The Kier molecular flexibility index (Phi) is 10.8. The second kappa shape index (κ2) is 13.8. The molecule has 38 heavy (non-hydrogen) atoms. The molecule has 0 heterocycles. The van der Waals surface area contributed by atoms with Gasteiger partial charge in [-0.15, -0.1) is 0 Å². The van der Waals surface area contributed by atoms with Gasteiger partial charge in [0.05, 0.1) is 35.1 Å². The van der Waals surface area contributed by atoms with Crippen molar-refractivity contribution in [2.24, 2.45) is 0 Å². The van der Waals surface area contributed by atoms with Gasteiger partial charge in [0.2, 0.25) is 0 Å². The van der Waals surface area contributed by atoms with Crippen LogP contribution in [0.1, 0.15) is 18.1 Å². The lowest BCUT2D eigenvalue weighted by molar-refractivity contribution is -0.112. The van der Waals surface area contributed by atoms with E-state index in [2.05, 4.69) is 27.9 Å². The van der Waals surface area contributed by atoms with Crippen molar-refractivity contribution >= 4 is 75.1 Å². The number of nitriles is 1. The molecule has 198 valence electrons. The van der Waals surface area contributed by atoms with Gasteiger partial charge in [0.25, 0.3) is 5.91 Å². The van der Waals surface area contributed by atoms with E-state index in [0.29, 0.717) is 59.5 Å². The highest BCUT2D eigenvalue weighted by molar-refractivity contribution is 14.1. The molecule has 11 heteroatoms. The first-order valence-corrected chi connectivity index (χ1v) is 13.3. The maximum absolute atomic E-state index is 13.0. The van der Waals surface area contributed by atoms with E-state index in [4.69, 9.17) is 53.8 Å². The zero-order chi connectivity index (χ0) is 27.8. The molecule has 0 aromatic heterocycles. The number of amides is 1. The summed E-state index contributed by atoms with van der Waals surface area (Å²) in [5.41, 5.74) is 1.49. The van der Waals surface area contributed by atoms with E-state index >= 15 is 0 Å². The molecule has 0 atom stereocenters. The largest absolute Gasteiger partial charge is 0.495 e. The van der Waals surface area contributed by atoms with E-state index in [-0.39, 0.29) is 12.2 Å². The van der Waals surface area contributed by atoms with Gasteiger partial charge in [-0.2, -0.15) is 5.26 Å². The standard InChI is InChI=1S/C27H22Cl3IN2O5/c1-4-37-25-9-15(8-21(31)26(25)38-14-16-5-6-18(28)10-19(16)29)7-17(13-32)27(34)33-22-12-23(35-2)20(30)11-24(22)36-3/h5-12H,4,14H2,1-3H3,(H,33,34)/b17-7+. The Morgan fingerprint density at radius 2 is 1.74 bits per heavy atom. The predicted octanol–water partition coefficient (Wildman–Crippen LogP) is 7.79. The highest BCUT2D eigenvalue weighted by Crippen LogP contribution is 2.37. The van der Waals surface area contributed by atoms with Crippen LogP contribution in [0.15, 0.2) is 48.0 Å².